The van der Waals surface area contributed by atoms with Gasteiger partial charge in [0.15, 0.2) is 0 Å². The Morgan fingerprint density at radius 1 is 1.47 bits per heavy atom. The Morgan fingerprint density at radius 2 is 2.37 bits per heavy atom. The Balaban J connectivity index is 1.85. The highest BCUT2D eigenvalue weighted by Gasteiger charge is 2.13. The van der Waals surface area contributed by atoms with Crippen molar-refractivity contribution >= 4 is 5.82 Å². The molecule has 1 aliphatic heterocycles. The van der Waals surface area contributed by atoms with E-state index < -0.39 is 0 Å². The van der Waals surface area contributed by atoms with Crippen LogP contribution >= 0.6 is 0 Å². The molecule has 2 rings (SSSR count). The molecule has 0 amide bonds. The maximum Gasteiger partial charge on any atom is 0.132 e. The predicted molar refractivity (Wildman–Crippen MR) is 77.4 cm³/mol. The number of hydrogen-bond donors (Lipinski definition) is 1. The summed E-state index contributed by atoms with van der Waals surface area (Å²) in [4.78, 5) is 8.81. The monoisotopic (exact) mass is 263 g/mol. The molecule has 106 valence electrons. The summed E-state index contributed by atoms with van der Waals surface area (Å²) in [7, 11) is 0. The van der Waals surface area contributed by atoms with Crippen molar-refractivity contribution in [2.24, 2.45) is 5.92 Å². The zero-order valence-corrected chi connectivity index (χ0v) is 12.1. The number of hydrogen-bond acceptors (Lipinski definition) is 4. The van der Waals surface area contributed by atoms with Crippen molar-refractivity contribution < 1.29 is 4.74 Å². The molecule has 1 atom stereocenters. The maximum atomic E-state index is 5.51. The maximum absolute atomic E-state index is 5.51. The molecular formula is C15H25N3O. The van der Waals surface area contributed by atoms with Crippen LogP contribution in [0.5, 0.6) is 0 Å². The van der Waals surface area contributed by atoms with E-state index in [1.54, 1.807) is 0 Å². The molecular weight excluding hydrogens is 238 g/mol. The van der Waals surface area contributed by atoms with Crippen LogP contribution < -0.4 is 5.32 Å². The molecule has 1 aromatic heterocycles. The van der Waals surface area contributed by atoms with Gasteiger partial charge in [0.1, 0.15) is 11.6 Å². The normalized spacial score (nSPS) is 19.4. The molecule has 0 saturated carbocycles. The lowest BCUT2D eigenvalue weighted by atomic mass is 9.99. The summed E-state index contributed by atoms with van der Waals surface area (Å²) in [5.41, 5.74) is 1.23. The van der Waals surface area contributed by atoms with Crippen molar-refractivity contribution in [3.05, 3.63) is 17.6 Å². The first-order valence-electron chi connectivity index (χ1n) is 7.43. The number of aryl methyl sites for hydroxylation is 2. The Kier molecular flexibility index (Phi) is 5.58. The van der Waals surface area contributed by atoms with E-state index in [0.717, 1.165) is 50.7 Å². The molecule has 0 aromatic carbocycles. The highest BCUT2D eigenvalue weighted by Crippen LogP contribution is 2.18. The predicted octanol–water partition coefficient (Wildman–Crippen LogP) is 2.97. The first-order chi connectivity index (χ1) is 9.29. The summed E-state index contributed by atoms with van der Waals surface area (Å²) < 4.78 is 5.51. The van der Waals surface area contributed by atoms with Gasteiger partial charge in [0.25, 0.3) is 0 Å². The molecule has 1 fully saturated rings. The van der Waals surface area contributed by atoms with E-state index in [1.165, 1.54) is 18.4 Å². The van der Waals surface area contributed by atoms with Crippen LogP contribution in [0.4, 0.5) is 5.82 Å². The van der Waals surface area contributed by atoms with Crippen molar-refractivity contribution in [1.29, 1.82) is 0 Å². The quantitative estimate of drug-likeness (QED) is 0.857. The molecule has 0 bridgehead atoms. The van der Waals surface area contributed by atoms with E-state index in [0.29, 0.717) is 5.92 Å². The van der Waals surface area contributed by atoms with Gasteiger partial charge in [-0.05, 0) is 38.5 Å². The second-order valence-electron chi connectivity index (χ2n) is 5.34. The first kappa shape index (κ1) is 14.3. The van der Waals surface area contributed by atoms with Gasteiger partial charge in [-0.2, -0.15) is 0 Å². The van der Waals surface area contributed by atoms with Crippen molar-refractivity contribution in [1.82, 2.24) is 9.97 Å². The second-order valence-corrected chi connectivity index (χ2v) is 5.34. The molecule has 4 nitrogen and oxygen atoms in total. The number of aromatic nitrogens is 2. The Labute approximate surface area is 116 Å². The SMILES string of the molecule is CCCc1cnc(C)nc1NCCC1CCCOC1. The van der Waals surface area contributed by atoms with Crippen LogP contribution in [0.2, 0.25) is 0 Å². The highest BCUT2D eigenvalue weighted by molar-refractivity contribution is 5.42. The molecule has 0 radical (unpaired) electrons. The minimum absolute atomic E-state index is 0.707. The summed E-state index contributed by atoms with van der Waals surface area (Å²) in [5, 5.41) is 3.48. The molecule has 0 spiro atoms. The van der Waals surface area contributed by atoms with Crippen LogP contribution in [0.15, 0.2) is 6.20 Å². The molecule has 4 heteroatoms. The molecule has 1 saturated heterocycles. The fourth-order valence-electron chi connectivity index (χ4n) is 2.53. The fourth-order valence-corrected chi connectivity index (χ4v) is 2.53. The largest absolute Gasteiger partial charge is 0.381 e. The third-order valence-electron chi connectivity index (χ3n) is 3.60. The summed E-state index contributed by atoms with van der Waals surface area (Å²) in [6.45, 7) is 6.96. The van der Waals surface area contributed by atoms with Gasteiger partial charge in [-0.3, -0.25) is 0 Å². The van der Waals surface area contributed by atoms with Crippen LogP contribution in [0.1, 0.15) is 44.0 Å². The van der Waals surface area contributed by atoms with Gasteiger partial charge in [-0.1, -0.05) is 13.3 Å². The van der Waals surface area contributed by atoms with E-state index in [9.17, 15) is 0 Å². The third-order valence-corrected chi connectivity index (χ3v) is 3.60. The topological polar surface area (TPSA) is 47.0 Å². The van der Waals surface area contributed by atoms with Crippen molar-refractivity contribution in [2.75, 3.05) is 25.1 Å². The first-order valence-corrected chi connectivity index (χ1v) is 7.43. The van der Waals surface area contributed by atoms with Crippen LogP contribution in [0.25, 0.3) is 0 Å². The van der Waals surface area contributed by atoms with E-state index >= 15 is 0 Å². The summed E-state index contributed by atoms with van der Waals surface area (Å²) in [6.07, 6.45) is 7.78. The van der Waals surface area contributed by atoms with Crippen LogP contribution in [-0.4, -0.2) is 29.7 Å². The van der Waals surface area contributed by atoms with E-state index in [1.807, 2.05) is 13.1 Å². The van der Waals surface area contributed by atoms with Gasteiger partial charge in [0, 0.05) is 31.5 Å². The zero-order chi connectivity index (χ0) is 13.5. The molecule has 2 heterocycles. The molecule has 1 aromatic rings. The number of ether oxygens (including phenoxy) is 1. The van der Waals surface area contributed by atoms with Gasteiger partial charge in [0.2, 0.25) is 0 Å². The minimum Gasteiger partial charge on any atom is -0.381 e. The zero-order valence-electron chi connectivity index (χ0n) is 12.1. The van der Waals surface area contributed by atoms with Crippen molar-refractivity contribution in [3.8, 4) is 0 Å². The lowest BCUT2D eigenvalue weighted by molar-refractivity contribution is 0.0530. The van der Waals surface area contributed by atoms with Gasteiger partial charge >= 0.3 is 0 Å². The second kappa shape index (κ2) is 7.43. The smallest absolute Gasteiger partial charge is 0.132 e. The van der Waals surface area contributed by atoms with Crippen LogP contribution in [0, 0.1) is 12.8 Å². The van der Waals surface area contributed by atoms with Crippen molar-refractivity contribution in [3.63, 3.8) is 0 Å². The summed E-state index contributed by atoms with van der Waals surface area (Å²) >= 11 is 0. The van der Waals surface area contributed by atoms with Crippen LogP contribution in [-0.2, 0) is 11.2 Å². The van der Waals surface area contributed by atoms with E-state index in [2.05, 4.69) is 22.2 Å². The standard InChI is InChI=1S/C15H25N3O/c1-3-5-14-10-17-12(2)18-15(14)16-8-7-13-6-4-9-19-11-13/h10,13H,3-9,11H2,1-2H3,(H,16,17,18). The molecule has 19 heavy (non-hydrogen) atoms. The van der Waals surface area contributed by atoms with Gasteiger partial charge < -0.3 is 10.1 Å². The Morgan fingerprint density at radius 3 is 3.11 bits per heavy atom. The van der Waals surface area contributed by atoms with Gasteiger partial charge in [-0.25, -0.2) is 9.97 Å². The highest BCUT2D eigenvalue weighted by atomic mass is 16.5. The lowest BCUT2D eigenvalue weighted by Crippen LogP contribution is -2.20. The van der Waals surface area contributed by atoms with Gasteiger partial charge in [-0.15, -0.1) is 0 Å². The average Bonchev–Trinajstić information content (AvgIpc) is 2.43. The lowest BCUT2D eigenvalue weighted by Gasteiger charge is -2.22. The third kappa shape index (κ3) is 4.46. The Hall–Kier alpha value is -1.16. The van der Waals surface area contributed by atoms with E-state index in [-0.39, 0.29) is 0 Å². The molecule has 1 N–H and O–H groups in total. The molecule has 0 aliphatic carbocycles. The van der Waals surface area contributed by atoms with E-state index in [4.69, 9.17) is 4.74 Å². The number of rotatable bonds is 6. The van der Waals surface area contributed by atoms with Crippen LogP contribution in [0.3, 0.4) is 0 Å². The number of anilines is 1. The molecule has 1 unspecified atom stereocenters. The van der Waals surface area contributed by atoms with Gasteiger partial charge in [0.05, 0.1) is 0 Å². The fraction of sp³-hybridized carbons (Fsp3) is 0.733. The minimum atomic E-state index is 0.707. The van der Waals surface area contributed by atoms with Crippen molar-refractivity contribution in [2.45, 2.75) is 46.0 Å². The summed E-state index contributed by atoms with van der Waals surface area (Å²) in [5.74, 6) is 2.56. The number of nitrogens with one attached hydrogen (secondary N) is 1. The Bertz CT molecular complexity index is 389. The summed E-state index contributed by atoms with van der Waals surface area (Å²) in [6, 6.07) is 0. The number of nitrogens with zero attached hydrogens (tertiary/aromatic N) is 2. The average molecular weight is 263 g/mol. The molecule has 1 aliphatic rings.